The lowest BCUT2D eigenvalue weighted by atomic mass is 10.2. The molecule has 76 valence electrons. The van der Waals surface area contributed by atoms with E-state index >= 15 is 0 Å². The zero-order valence-corrected chi connectivity index (χ0v) is 7.60. The van der Waals surface area contributed by atoms with Gasteiger partial charge in [0.2, 0.25) is 5.91 Å². The minimum Gasteiger partial charge on any atom is -0.322 e. The second-order valence-electron chi connectivity index (χ2n) is 2.83. The van der Waals surface area contributed by atoms with Crippen molar-refractivity contribution < 1.29 is 13.6 Å². The Bertz CT molecular complexity index is 366. The van der Waals surface area contributed by atoms with Crippen LogP contribution in [0.3, 0.4) is 0 Å². The van der Waals surface area contributed by atoms with E-state index in [4.69, 9.17) is 5.73 Å². The Morgan fingerprint density at radius 2 is 2.07 bits per heavy atom. The van der Waals surface area contributed by atoms with Crippen LogP contribution in [0, 0.1) is 18.6 Å². The molecule has 1 aromatic carbocycles. The van der Waals surface area contributed by atoms with Gasteiger partial charge in [-0.1, -0.05) is 0 Å². The van der Waals surface area contributed by atoms with Crippen molar-refractivity contribution in [2.45, 2.75) is 6.92 Å². The van der Waals surface area contributed by atoms with Gasteiger partial charge in [0.05, 0.1) is 12.2 Å². The second-order valence-corrected chi connectivity index (χ2v) is 2.83. The standard InChI is InChI=1S/C9H10F2N2O/c1-5-2-8(13-9(14)4-12)7(11)3-6(5)10/h2-3H,4,12H2,1H3,(H,13,14). The first-order chi connectivity index (χ1) is 6.54. The van der Waals surface area contributed by atoms with Gasteiger partial charge < -0.3 is 11.1 Å². The van der Waals surface area contributed by atoms with Crippen LogP contribution in [-0.4, -0.2) is 12.5 Å². The highest BCUT2D eigenvalue weighted by molar-refractivity contribution is 5.92. The van der Waals surface area contributed by atoms with Crippen LogP contribution in [0.25, 0.3) is 0 Å². The first-order valence-electron chi connectivity index (χ1n) is 4.00. The number of halogens is 2. The van der Waals surface area contributed by atoms with Gasteiger partial charge in [0.1, 0.15) is 11.6 Å². The molecule has 0 saturated carbocycles. The molecule has 3 N–H and O–H groups in total. The topological polar surface area (TPSA) is 55.1 Å². The van der Waals surface area contributed by atoms with Crippen LogP contribution in [0.5, 0.6) is 0 Å². The van der Waals surface area contributed by atoms with Crippen LogP contribution in [-0.2, 0) is 4.79 Å². The summed E-state index contributed by atoms with van der Waals surface area (Å²) in [6, 6.07) is 1.94. The molecule has 0 aliphatic carbocycles. The third-order valence-corrected chi connectivity index (χ3v) is 1.71. The highest BCUT2D eigenvalue weighted by atomic mass is 19.1. The molecule has 0 atom stereocenters. The summed E-state index contributed by atoms with van der Waals surface area (Å²) in [4.78, 5) is 10.8. The van der Waals surface area contributed by atoms with Crippen LogP contribution in [0.15, 0.2) is 12.1 Å². The predicted octanol–water partition coefficient (Wildman–Crippen LogP) is 1.17. The van der Waals surface area contributed by atoms with Crippen molar-refractivity contribution >= 4 is 11.6 Å². The Labute approximate surface area is 79.9 Å². The summed E-state index contributed by atoms with van der Waals surface area (Å²) in [5.41, 5.74) is 5.24. The number of hydrogen-bond acceptors (Lipinski definition) is 2. The SMILES string of the molecule is Cc1cc(NC(=O)CN)c(F)cc1F. The number of anilines is 1. The number of aryl methyl sites for hydroxylation is 1. The fraction of sp³-hybridized carbons (Fsp3) is 0.222. The maximum atomic E-state index is 13.0. The zero-order valence-electron chi connectivity index (χ0n) is 7.60. The van der Waals surface area contributed by atoms with E-state index in [0.717, 1.165) is 6.07 Å². The van der Waals surface area contributed by atoms with Gasteiger partial charge >= 0.3 is 0 Å². The van der Waals surface area contributed by atoms with Crippen LogP contribution in [0.2, 0.25) is 0 Å². The van der Waals surface area contributed by atoms with Gasteiger partial charge in [0.15, 0.2) is 0 Å². The lowest BCUT2D eigenvalue weighted by Crippen LogP contribution is -2.22. The smallest absolute Gasteiger partial charge is 0.238 e. The second kappa shape index (κ2) is 4.15. The maximum Gasteiger partial charge on any atom is 0.238 e. The number of carbonyl (C=O) groups is 1. The van der Waals surface area contributed by atoms with Crippen LogP contribution >= 0.6 is 0 Å². The van der Waals surface area contributed by atoms with Crippen molar-refractivity contribution in [3.05, 3.63) is 29.3 Å². The van der Waals surface area contributed by atoms with Crippen LogP contribution in [0.1, 0.15) is 5.56 Å². The Balaban J connectivity index is 2.98. The quantitative estimate of drug-likeness (QED) is 0.752. The molecule has 5 heteroatoms. The summed E-state index contributed by atoms with van der Waals surface area (Å²) < 4.78 is 25.8. The van der Waals surface area contributed by atoms with Crippen molar-refractivity contribution in [3.63, 3.8) is 0 Å². The molecule has 14 heavy (non-hydrogen) atoms. The molecule has 1 aromatic rings. The van der Waals surface area contributed by atoms with E-state index in [1.54, 1.807) is 0 Å². The molecule has 0 radical (unpaired) electrons. The first-order valence-corrected chi connectivity index (χ1v) is 4.00. The highest BCUT2D eigenvalue weighted by Crippen LogP contribution is 2.18. The van der Waals surface area contributed by atoms with E-state index in [9.17, 15) is 13.6 Å². The maximum absolute atomic E-state index is 13.0. The van der Waals surface area contributed by atoms with Crippen molar-refractivity contribution in [2.75, 3.05) is 11.9 Å². The molecule has 0 spiro atoms. The molecule has 0 aromatic heterocycles. The number of hydrogen-bond donors (Lipinski definition) is 2. The monoisotopic (exact) mass is 200 g/mol. The summed E-state index contributed by atoms with van der Waals surface area (Å²) in [5, 5.41) is 2.22. The summed E-state index contributed by atoms with van der Waals surface area (Å²) in [7, 11) is 0. The molecule has 1 amide bonds. The molecule has 0 fully saturated rings. The Morgan fingerprint density at radius 1 is 1.43 bits per heavy atom. The molecule has 3 nitrogen and oxygen atoms in total. The average Bonchev–Trinajstić information content (AvgIpc) is 2.14. The van der Waals surface area contributed by atoms with E-state index in [0.29, 0.717) is 0 Å². The molecule has 0 heterocycles. The number of nitrogens with one attached hydrogen (secondary N) is 1. The molecule has 0 aliphatic heterocycles. The fourth-order valence-corrected chi connectivity index (χ4v) is 0.954. The number of carbonyl (C=O) groups excluding carboxylic acids is 1. The highest BCUT2D eigenvalue weighted by Gasteiger charge is 2.08. The predicted molar refractivity (Wildman–Crippen MR) is 48.8 cm³/mol. The Morgan fingerprint density at radius 3 is 2.64 bits per heavy atom. The molecular formula is C9H10F2N2O. The van der Waals surface area contributed by atoms with Gasteiger partial charge in [-0.3, -0.25) is 4.79 Å². The first kappa shape index (κ1) is 10.6. The largest absolute Gasteiger partial charge is 0.322 e. The van der Waals surface area contributed by atoms with Crippen LogP contribution < -0.4 is 11.1 Å². The van der Waals surface area contributed by atoms with E-state index in [2.05, 4.69) is 5.32 Å². The fourth-order valence-electron chi connectivity index (χ4n) is 0.954. The molecule has 0 aliphatic rings. The summed E-state index contributed by atoms with van der Waals surface area (Å²) >= 11 is 0. The van der Waals surface area contributed by atoms with Crippen molar-refractivity contribution in [3.8, 4) is 0 Å². The van der Waals surface area contributed by atoms with E-state index < -0.39 is 17.5 Å². The number of benzene rings is 1. The minimum atomic E-state index is -0.810. The third kappa shape index (κ3) is 2.26. The zero-order chi connectivity index (χ0) is 10.7. The van der Waals surface area contributed by atoms with Crippen molar-refractivity contribution in [1.29, 1.82) is 0 Å². The van der Waals surface area contributed by atoms with Crippen LogP contribution in [0.4, 0.5) is 14.5 Å². The Kier molecular flexibility index (Phi) is 3.14. The number of rotatable bonds is 2. The van der Waals surface area contributed by atoms with Gasteiger partial charge in [0, 0.05) is 6.07 Å². The minimum absolute atomic E-state index is 0.0562. The summed E-state index contributed by atoms with van der Waals surface area (Å²) in [6.07, 6.45) is 0. The van der Waals surface area contributed by atoms with Gasteiger partial charge in [-0.15, -0.1) is 0 Å². The molecular weight excluding hydrogens is 190 g/mol. The number of amides is 1. The molecule has 0 bridgehead atoms. The van der Waals surface area contributed by atoms with Gasteiger partial charge in [0.25, 0.3) is 0 Å². The van der Waals surface area contributed by atoms with E-state index in [-0.39, 0.29) is 17.8 Å². The molecule has 1 rings (SSSR count). The lowest BCUT2D eigenvalue weighted by Gasteiger charge is -2.06. The lowest BCUT2D eigenvalue weighted by molar-refractivity contribution is -0.114. The van der Waals surface area contributed by atoms with E-state index in [1.165, 1.54) is 13.0 Å². The van der Waals surface area contributed by atoms with Gasteiger partial charge in [-0.2, -0.15) is 0 Å². The van der Waals surface area contributed by atoms with Crippen molar-refractivity contribution in [2.24, 2.45) is 5.73 Å². The molecule has 0 unspecified atom stereocenters. The third-order valence-electron chi connectivity index (χ3n) is 1.71. The molecule has 0 saturated heterocycles. The van der Waals surface area contributed by atoms with Gasteiger partial charge in [-0.05, 0) is 18.6 Å². The summed E-state index contributed by atoms with van der Waals surface area (Å²) in [6.45, 7) is 1.24. The average molecular weight is 200 g/mol. The van der Waals surface area contributed by atoms with Crippen molar-refractivity contribution in [1.82, 2.24) is 0 Å². The summed E-state index contributed by atoms with van der Waals surface area (Å²) in [5.74, 6) is -1.97. The normalized spacial score (nSPS) is 10.0. The van der Waals surface area contributed by atoms with E-state index in [1.807, 2.05) is 0 Å². The Hall–Kier alpha value is -1.49. The number of nitrogens with two attached hydrogens (primary N) is 1. The van der Waals surface area contributed by atoms with Gasteiger partial charge in [-0.25, -0.2) is 8.78 Å².